The van der Waals surface area contributed by atoms with E-state index >= 15 is 0 Å². The Labute approximate surface area is 256 Å². The Balaban J connectivity index is 1.52. The Morgan fingerprint density at radius 2 is 1.88 bits per heavy atom. The molecule has 4 atom stereocenters. The van der Waals surface area contributed by atoms with Gasteiger partial charge in [-0.3, -0.25) is 24.6 Å². The largest absolute Gasteiger partial charge is 0.445 e. The van der Waals surface area contributed by atoms with E-state index in [0.717, 1.165) is 17.0 Å². The fraction of sp³-hybridized carbons (Fsp3) is 0.458. The predicted octanol–water partition coefficient (Wildman–Crippen LogP) is -0.228. The van der Waals surface area contributed by atoms with Gasteiger partial charge in [0.25, 0.3) is 5.91 Å². The van der Waals surface area contributed by atoms with Crippen molar-refractivity contribution in [2.75, 3.05) is 19.7 Å². The third kappa shape index (κ3) is 5.53. The first-order valence-corrected chi connectivity index (χ1v) is 13.8. The van der Waals surface area contributed by atoms with Crippen molar-refractivity contribution >= 4 is 64.6 Å². The maximum absolute atomic E-state index is 14.4. The van der Waals surface area contributed by atoms with E-state index in [4.69, 9.17) is 39.5 Å². The van der Waals surface area contributed by atoms with Gasteiger partial charge in [0.05, 0.1) is 30.0 Å². The van der Waals surface area contributed by atoms with Crippen LogP contribution in [0, 0.1) is 11.6 Å². The first-order chi connectivity index (χ1) is 20.0. The summed E-state index contributed by atoms with van der Waals surface area (Å²) >= 11 is 17.0. The summed E-state index contributed by atoms with van der Waals surface area (Å²) in [7, 11) is 0. The average molecular weight is 667 g/mol. The van der Waals surface area contributed by atoms with Gasteiger partial charge < -0.3 is 35.8 Å². The molecule has 0 aromatic heterocycles. The zero-order chi connectivity index (χ0) is 31.5. The maximum atomic E-state index is 14.4. The molecular formula is C24H24Cl3F2N7O7. The SMILES string of the molecule is C=C1N[C@H]2[C@H](CN3C(=O)CCC3=O)N=C(NC(=O)OCC(Cl)(Cl)Cl)N3C[C@H](NC(=O)c4cc(F)ccc4F)C(O)(O)[C@]23N1. The van der Waals surface area contributed by atoms with Crippen LogP contribution in [0.15, 0.2) is 35.6 Å². The molecule has 0 radical (unpaired) electrons. The minimum atomic E-state index is -2.95. The number of imide groups is 1. The van der Waals surface area contributed by atoms with Crippen molar-refractivity contribution in [3.05, 3.63) is 47.8 Å². The van der Waals surface area contributed by atoms with Crippen molar-refractivity contribution in [2.45, 2.75) is 46.2 Å². The van der Waals surface area contributed by atoms with E-state index in [1.807, 2.05) is 0 Å². The molecule has 14 nitrogen and oxygen atoms in total. The fourth-order valence-electron chi connectivity index (χ4n) is 5.63. The lowest BCUT2D eigenvalue weighted by Crippen LogP contribution is -2.78. The number of aliphatic hydroxyl groups is 2. The van der Waals surface area contributed by atoms with Gasteiger partial charge in [0.15, 0.2) is 5.66 Å². The molecule has 3 fully saturated rings. The number of hydrogen-bond acceptors (Lipinski definition) is 11. The number of amides is 4. The molecule has 0 aliphatic carbocycles. The highest BCUT2D eigenvalue weighted by molar-refractivity contribution is 6.67. The van der Waals surface area contributed by atoms with Crippen LogP contribution in [0.25, 0.3) is 0 Å². The van der Waals surface area contributed by atoms with E-state index in [1.165, 1.54) is 4.90 Å². The Hall–Kier alpha value is -3.44. The van der Waals surface area contributed by atoms with Crippen LogP contribution in [0.5, 0.6) is 0 Å². The van der Waals surface area contributed by atoms with Gasteiger partial charge in [-0.15, -0.1) is 0 Å². The smallest absolute Gasteiger partial charge is 0.414 e. The number of ether oxygens (including phenoxy) is 1. The molecule has 1 aromatic rings. The Morgan fingerprint density at radius 3 is 2.53 bits per heavy atom. The molecule has 19 heteroatoms. The highest BCUT2D eigenvalue weighted by Gasteiger charge is 2.74. The second-order valence-electron chi connectivity index (χ2n) is 10.2. The number of likely N-dealkylation sites (tertiary alicyclic amines) is 1. The number of benzene rings is 1. The Morgan fingerprint density at radius 1 is 1.21 bits per heavy atom. The summed E-state index contributed by atoms with van der Waals surface area (Å²) in [5, 5.41) is 33.8. The van der Waals surface area contributed by atoms with Crippen LogP contribution in [-0.4, -0.2) is 103 Å². The highest BCUT2D eigenvalue weighted by Crippen LogP contribution is 2.45. The lowest BCUT2D eigenvalue weighted by molar-refractivity contribution is -0.231. The molecule has 232 valence electrons. The van der Waals surface area contributed by atoms with Crippen molar-refractivity contribution in [1.82, 2.24) is 31.1 Å². The van der Waals surface area contributed by atoms with E-state index in [-0.39, 0.29) is 31.2 Å². The third-order valence-corrected chi connectivity index (χ3v) is 7.80. The predicted molar refractivity (Wildman–Crippen MR) is 145 cm³/mol. The van der Waals surface area contributed by atoms with E-state index in [9.17, 15) is 38.2 Å². The Kier molecular flexibility index (Phi) is 7.88. The number of alkyl carbamates (subject to hydrolysis) is 1. The topological polar surface area (TPSA) is 185 Å². The van der Waals surface area contributed by atoms with E-state index in [2.05, 4.69) is 32.8 Å². The molecule has 3 saturated heterocycles. The molecule has 1 aromatic carbocycles. The molecular weight excluding hydrogens is 643 g/mol. The number of alkyl halides is 3. The van der Waals surface area contributed by atoms with Crippen LogP contribution in [0.4, 0.5) is 13.6 Å². The summed E-state index contributed by atoms with van der Waals surface area (Å²) in [4.78, 5) is 57.1. The van der Waals surface area contributed by atoms with Crippen molar-refractivity contribution < 1.29 is 42.9 Å². The number of carbonyl (C=O) groups excluding carboxylic acids is 4. The Bertz CT molecular complexity index is 1430. The minimum absolute atomic E-state index is 0.0290. The summed E-state index contributed by atoms with van der Waals surface area (Å²) < 4.78 is 31.1. The molecule has 4 aliphatic heterocycles. The van der Waals surface area contributed by atoms with Crippen LogP contribution in [0.1, 0.15) is 23.2 Å². The second kappa shape index (κ2) is 10.9. The standard InChI is InChI=1S/C24H24Cl3F2N7O7/c1-10-30-18-14(7-35-16(37)4-5-17(35)38)31-20(33-21(40)43-9-22(25,26)27)36-8-15(24(41,42)23(18,36)34-10)32-19(39)12-6-11(28)2-3-13(12)29/h2-3,6,14-15,18,30,34,41-42H,1,4-5,7-9H2,(H,32,39)(H,31,33,40)/t14-,15-,18-,23-/m0/s1. The van der Waals surface area contributed by atoms with Crippen LogP contribution in [0.2, 0.25) is 0 Å². The number of halogens is 5. The number of nitrogens with zero attached hydrogens (tertiary/aromatic N) is 3. The van der Waals surface area contributed by atoms with Gasteiger partial charge in [-0.1, -0.05) is 41.4 Å². The van der Waals surface area contributed by atoms with Crippen molar-refractivity contribution in [2.24, 2.45) is 4.99 Å². The number of nitrogens with one attached hydrogen (secondary N) is 4. The van der Waals surface area contributed by atoms with E-state index in [0.29, 0.717) is 6.07 Å². The molecule has 0 bridgehead atoms. The first-order valence-electron chi connectivity index (χ1n) is 12.7. The minimum Gasteiger partial charge on any atom is -0.445 e. The summed E-state index contributed by atoms with van der Waals surface area (Å²) in [5.74, 6) is -7.35. The van der Waals surface area contributed by atoms with Crippen LogP contribution < -0.4 is 21.3 Å². The van der Waals surface area contributed by atoms with Crippen LogP contribution >= 0.6 is 34.8 Å². The molecule has 4 amide bonds. The normalized spacial score (nSPS) is 27.7. The molecule has 0 saturated carbocycles. The van der Waals surface area contributed by atoms with Crippen molar-refractivity contribution in [3.8, 4) is 0 Å². The summed E-state index contributed by atoms with van der Waals surface area (Å²) in [6, 6.07) is -1.74. The van der Waals surface area contributed by atoms with Gasteiger partial charge in [0.2, 0.25) is 27.4 Å². The molecule has 1 spiro atoms. The second-order valence-corrected chi connectivity index (χ2v) is 12.7. The van der Waals surface area contributed by atoms with Crippen LogP contribution in [-0.2, 0) is 14.3 Å². The molecule has 43 heavy (non-hydrogen) atoms. The van der Waals surface area contributed by atoms with Gasteiger partial charge in [0, 0.05) is 19.4 Å². The third-order valence-electron chi connectivity index (χ3n) is 7.47. The van der Waals surface area contributed by atoms with Gasteiger partial charge in [-0.05, 0) is 18.2 Å². The number of rotatable bonds is 5. The molecule has 6 N–H and O–H groups in total. The van der Waals surface area contributed by atoms with E-state index < -0.39 is 87.5 Å². The van der Waals surface area contributed by atoms with Gasteiger partial charge in [-0.25, -0.2) is 18.6 Å². The maximum Gasteiger partial charge on any atom is 0.414 e. The van der Waals surface area contributed by atoms with Crippen molar-refractivity contribution in [3.63, 3.8) is 0 Å². The molecule has 4 aliphatic rings. The lowest BCUT2D eigenvalue weighted by atomic mass is 9.85. The van der Waals surface area contributed by atoms with Crippen LogP contribution in [0.3, 0.4) is 0 Å². The van der Waals surface area contributed by atoms with Gasteiger partial charge in [0.1, 0.15) is 24.3 Å². The molecule has 4 heterocycles. The summed E-state index contributed by atoms with van der Waals surface area (Å²) in [6.45, 7) is 2.29. The number of carbonyl (C=O) groups is 4. The average Bonchev–Trinajstić information content (AvgIpc) is 3.51. The lowest BCUT2D eigenvalue weighted by Gasteiger charge is -2.49. The number of guanidine groups is 1. The molecule has 0 unspecified atom stereocenters. The highest BCUT2D eigenvalue weighted by atomic mass is 35.6. The number of hydrogen-bond donors (Lipinski definition) is 6. The van der Waals surface area contributed by atoms with Crippen molar-refractivity contribution in [1.29, 1.82) is 0 Å². The zero-order valence-electron chi connectivity index (χ0n) is 21.9. The monoisotopic (exact) mass is 665 g/mol. The van der Waals surface area contributed by atoms with E-state index in [1.54, 1.807) is 0 Å². The zero-order valence-corrected chi connectivity index (χ0v) is 24.1. The first kappa shape index (κ1) is 31.0. The quantitative estimate of drug-likeness (QED) is 0.139. The van der Waals surface area contributed by atoms with Gasteiger partial charge >= 0.3 is 6.09 Å². The number of aliphatic imine (C=N–C) groups is 1. The fourth-order valence-corrected chi connectivity index (χ4v) is 5.79. The molecule has 5 rings (SSSR count). The summed E-state index contributed by atoms with van der Waals surface area (Å²) in [5.41, 5.74) is -2.78. The summed E-state index contributed by atoms with van der Waals surface area (Å²) in [6.07, 6.45) is -1.23. The van der Waals surface area contributed by atoms with Gasteiger partial charge in [-0.2, -0.15) is 0 Å².